The van der Waals surface area contributed by atoms with E-state index in [2.05, 4.69) is 20.7 Å². The molecule has 0 spiro atoms. The monoisotopic (exact) mass is 724 g/mol. The molecule has 1 fully saturated rings. The van der Waals surface area contributed by atoms with Crippen LogP contribution < -0.4 is 10.6 Å². The molecule has 0 saturated carbocycles. The first-order valence-corrected chi connectivity index (χ1v) is 18.0. The summed E-state index contributed by atoms with van der Waals surface area (Å²) >= 11 is 0. The molecule has 1 saturated heterocycles. The Morgan fingerprint density at radius 2 is 1.53 bits per heavy atom. The lowest BCUT2D eigenvalue weighted by Crippen LogP contribution is -2.60. The molecule has 1 heterocycles. The van der Waals surface area contributed by atoms with Gasteiger partial charge in [0.25, 0.3) is 0 Å². The Balaban J connectivity index is 3.38. The van der Waals surface area contributed by atoms with Crippen molar-refractivity contribution in [1.82, 2.24) is 25.3 Å². The fourth-order valence-corrected chi connectivity index (χ4v) is 7.23. The van der Waals surface area contributed by atoms with E-state index in [0.717, 1.165) is 0 Å². The zero-order chi connectivity index (χ0) is 39.3. The van der Waals surface area contributed by atoms with Crippen molar-refractivity contribution < 1.29 is 38.6 Å². The molecule has 0 aromatic carbocycles. The molecule has 0 aliphatic carbocycles. The van der Waals surface area contributed by atoms with Crippen LogP contribution in [0.3, 0.4) is 0 Å². The van der Waals surface area contributed by atoms with Crippen LogP contribution in [-0.2, 0) is 33.4 Å². The SMILES string of the molecule is CC[C@H](C)[C@@H]([C@@H](CC(=O)N1CCC[C@H]1[C@H](OC)[C@@H](C)C(=O)N[C@H](C(=O)O)C(C)C)OC)N(C)C(=O)[C@@H](NC(=O)[C@H](C(C)C)N(C)C)[C@H](C)N=[N+]=[N-]. The number of likely N-dealkylation sites (tertiary alicyclic amines) is 1. The minimum atomic E-state index is -1.17. The van der Waals surface area contributed by atoms with Crippen LogP contribution in [0.2, 0.25) is 0 Å². The molecule has 292 valence electrons. The summed E-state index contributed by atoms with van der Waals surface area (Å²) in [5.74, 6) is -3.99. The van der Waals surface area contributed by atoms with Gasteiger partial charge in [0.2, 0.25) is 23.6 Å². The van der Waals surface area contributed by atoms with Crippen molar-refractivity contribution >= 4 is 29.6 Å². The Kier molecular flexibility index (Phi) is 18.9. The molecule has 1 aliphatic rings. The van der Waals surface area contributed by atoms with Gasteiger partial charge in [-0.05, 0) is 50.2 Å². The Morgan fingerprint density at radius 3 is 1.98 bits per heavy atom. The number of rotatable bonds is 21. The van der Waals surface area contributed by atoms with Crippen LogP contribution in [0.4, 0.5) is 0 Å². The average molecular weight is 725 g/mol. The first kappa shape index (κ1) is 45.6. The Bertz CT molecular complexity index is 1220. The minimum Gasteiger partial charge on any atom is -0.480 e. The molecular weight excluding hydrogens is 660 g/mol. The number of nitrogens with one attached hydrogen (secondary N) is 2. The summed E-state index contributed by atoms with van der Waals surface area (Å²) in [4.78, 5) is 74.5. The molecule has 51 heavy (non-hydrogen) atoms. The quantitative estimate of drug-likeness (QED) is 0.0903. The molecule has 0 unspecified atom stereocenters. The number of methoxy groups -OCH3 is 2. The van der Waals surface area contributed by atoms with Crippen molar-refractivity contribution in [3.05, 3.63) is 10.4 Å². The highest BCUT2D eigenvalue weighted by Gasteiger charge is 2.43. The summed E-state index contributed by atoms with van der Waals surface area (Å²) in [7, 11) is 8.11. The fourth-order valence-electron chi connectivity index (χ4n) is 7.23. The second-order valence-corrected chi connectivity index (χ2v) is 14.7. The number of aliphatic carboxylic acids is 1. The summed E-state index contributed by atoms with van der Waals surface area (Å²) in [5, 5.41) is 18.8. The Morgan fingerprint density at radius 1 is 0.941 bits per heavy atom. The zero-order valence-electron chi connectivity index (χ0n) is 33.0. The van der Waals surface area contributed by atoms with E-state index in [0.29, 0.717) is 25.8 Å². The maximum atomic E-state index is 14.2. The van der Waals surface area contributed by atoms with Crippen LogP contribution in [0.25, 0.3) is 10.4 Å². The largest absolute Gasteiger partial charge is 0.480 e. The predicted octanol–water partition coefficient (Wildman–Crippen LogP) is 2.90. The van der Waals surface area contributed by atoms with Crippen molar-refractivity contribution in [2.24, 2.45) is 28.8 Å². The van der Waals surface area contributed by atoms with E-state index in [1.807, 2.05) is 27.7 Å². The number of carboxylic acid groups (broad SMARTS) is 1. The second-order valence-electron chi connectivity index (χ2n) is 14.7. The van der Waals surface area contributed by atoms with Crippen molar-refractivity contribution in [2.45, 2.75) is 130 Å². The lowest BCUT2D eigenvalue weighted by Gasteiger charge is -2.41. The van der Waals surface area contributed by atoms with Gasteiger partial charge in [-0.3, -0.25) is 24.1 Å². The van der Waals surface area contributed by atoms with Gasteiger partial charge in [0.1, 0.15) is 12.1 Å². The zero-order valence-corrected chi connectivity index (χ0v) is 33.0. The summed E-state index contributed by atoms with van der Waals surface area (Å²) in [6, 6.07) is -4.73. The molecule has 1 aliphatic heterocycles. The van der Waals surface area contributed by atoms with Gasteiger partial charge in [0, 0.05) is 32.7 Å². The van der Waals surface area contributed by atoms with E-state index in [1.165, 1.54) is 19.1 Å². The lowest BCUT2D eigenvalue weighted by molar-refractivity contribution is -0.148. The number of carbonyl (C=O) groups is 5. The van der Waals surface area contributed by atoms with Crippen LogP contribution in [0.1, 0.15) is 81.1 Å². The number of nitrogens with zero attached hydrogens (tertiary/aromatic N) is 6. The third-order valence-electron chi connectivity index (χ3n) is 10.2. The number of carbonyl (C=O) groups excluding carboxylic acids is 4. The lowest BCUT2D eigenvalue weighted by atomic mass is 9.89. The summed E-state index contributed by atoms with van der Waals surface area (Å²) in [5.41, 5.74) is 9.21. The highest BCUT2D eigenvalue weighted by Crippen LogP contribution is 2.30. The maximum absolute atomic E-state index is 14.2. The van der Waals surface area contributed by atoms with Gasteiger partial charge in [0.05, 0.1) is 48.7 Å². The summed E-state index contributed by atoms with van der Waals surface area (Å²) in [6.45, 7) is 14.8. The standard InChI is InChI=1S/C35H64N8O8/c1-14-21(6)30(42(11)34(47)28(23(8)39-40-36)38-33(46)29(20(4)5)41(9)10)25(50-12)18-26(44)43-17-15-16-24(43)31(51-13)22(7)32(45)37-27(19(2)3)35(48)49/h19-25,27-31H,14-18H2,1-13H3,(H,37,45)(H,38,46)(H,48,49)/t21-,22+,23-,24-,25+,27-,28-,29-,30-,31+/m0/s1. The van der Waals surface area contributed by atoms with E-state index in [9.17, 15) is 34.6 Å². The second kappa shape index (κ2) is 21.2. The molecule has 0 radical (unpaired) electrons. The number of likely N-dealkylation sites (N-methyl/N-ethyl adjacent to an activating group) is 2. The molecule has 10 atom stereocenters. The van der Waals surface area contributed by atoms with Crippen LogP contribution in [0.15, 0.2) is 5.11 Å². The van der Waals surface area contributed by atoms with E-state index in [-0.39, 0.29) is 36.0 Å². The summed E-state index contributed by atoms with van der Waals surface area (Å²) in [6.07, 6.45) is 0.391. The number of ether oxygens (including phenoxy) is 2. The van der Waals surface area contributed by atoms with Crippen molar-refractivity contribution in [3.63, 3.8) is 0 Å². The topological polar surface area (TPSA) is 207 Å². The number of carboxylic acids is 1. The fraction of sp³-hybridized carbons (Fsp3) is 0.857. The third-order valence-corrected chi connectivity index (χ3v) is 10.2. The van der Waals surface area contributed by atoms with Gasteiger partial charge in [-0.25, -0.2) is 4.79 Å². The molecule has 1 rings (SSSR count). The smallest absolute Gasteiger partial charge is 0.326 e. The van der Waals surface area contributed by atoms with Crippen LogP contribution >= 0.6 is 0 Å². The molecule has 4 amide bonds. The van der Waals surface area contributed by atoms with Crippen molar-refractivity contribution in [2.75, 3.05) is 41.9 Å². The molecule has 0 bridgehead atoms. The number of hydrogen-bond acceptors (Lipinski definition) is 9. The van der Waals surface area contributed by atoms with Gasteiger partial charge in [-0.1, -0.05) is 66.9 Å². The Hall–Kier alpha value is -3.46. The first-order chi connectivity index (χ1) is 23.8. The highest BCUT2D eigenvalue weighted by atomic mass is 16.5. The van der Waals surface area contributed by atoms with E-state index in [4.69, 9.17) is 9.47 Å². The third kappa shape index (κ3) is 12.0. The van der Waals surface area contributed by atoms with Gasteiger partial charge >= 0.3 is 5.97 Å². The van der Waals surface area contributed by atoms with Gasteiger partial charge in [-0.2, -0.15) is 0 Å². The highest BCUT2D eigenvalue weighted by molar-refractivity contribution is 5.90. The van der Waals surface area contributed by atoms with E-state index >= 15 is 0 Å². The maximum Gasteiger partial charge on any atom is 0.326 e. The molecule has 16 heteroatoms. The predicted molar refractivity (Wildman–Crippen MR) is 193 cm³/mol. The Labute approximate surface area is 303 Å². The first-order valence-electron chi connectivity index (χ1n) is 18.0. The number of amides is 4. The van der Waals surface area contributed by atoms with Gasteiger partial charge < -0.3 is 35.0 Å². The summed E-state index contributed by atoms with van der Waals surface area (Å²) < 4.78 is 11.7. The van der Waals surface area contributed by atoms with Crippen molar-refractivity contribution in [1.29, 1.82) is 0 Å². The number of azide groups is 1. The average Bonchev–Trinajstić information content (AvgIpc) is 3.54. The normalized spacial score (nSPS) is 20.0. The van der Waals surface area contributed by atoms with Crippen LogP contribution in [0.5, 0.6) is 0 Å². The molecular formula is C35H64N8O8. The van der Waals surface area contributed by atoms with Crippen molar-refractivity contribution in [3.8, 4) is 0 Å². The van der Waals surface area contributed by atoms with Crippen LogP contribution in [0, 0.1) is 23.7 Å². The molecule has 0 aromatic heterocycles. The van der Waals surface area contributed by atoms with Gasteiger partial charge in [0.15, 0.2) is 0 Å². The molecule has 16 nitrogen and oxygen atoms in total. The molecule has 0 aromatic rings. The minimum absolute atomic E-state index is 0.0637. The van der Waals surface area contributed by atoms with E-state index in [1.54, 1.807) is 58.6 Å². The van der Waals surface area contributed by atoms with E-state index < -0.39 is 72.2 Å². The number of hydrogen-bond donors (Lipinski definition) is 3. The molecule has 3 N–H and O–H groups in total. The van der Waals surface area contributed by atoms with Crippen LogP contribution in [-0.4, -0.2) is 140 Å². The van der Waals surface area contributed by atoms with Gasteiger partial charge in [-0.15, -0.1) is 0 Å².